The molecular weight excluding hydrogens is 518 g/mol. The third-order valence-corrected chi connectivity index (χ3v) is 8.23. The maximum atomic E-state index is 12.6. The van der Waals surface area contributed by atoms with Gasteiger partial charge >= 0.3 is 0 Å². The SMILES string of the molecule is COc1cc(C(=O)NC[C@@H]2[C@H]3CN(c4ccc(-c5cc(-c6cnn(C)c6)cn6ncc(C#N)c56)cn4)C[C@@H]23)ccn1. The highest BCUT2D eigenvalue weighted by Crippen LogP contribution is 2.52. The van der Waals surface area contributed by atoms with Crippen LogP contribution in [0, 0.1) is 29.1 Å². The number of rotatable bonds is 7. The van der Waals surface area contributed by atoms with Gasteiger partial charge in [0.05, 0.1) is 30.6 Å². The zero-order valence-corrected chi connectivity index (χ0v) is 22.6. The maximum absolute atomic E-state index is 12.6. The first-order valence-corrected chi connectivity index (χ1v) is 13.4. The van der Waals surface area contributed by atoms with Crippen LogP contribution in [-0.2, 0) is 7.05 Å². The van der Waals surface area contributed by atoms with E-state index in [2.05, 4.69) is 43.6 Å². The second kappa shape index (κ2) is 9.75. The molecular formula is C30H27N9O2. The molecule has 1 aliphatic heterocycles. The molecule has 0 radical (unpaired) electrons. The van der Waals surface area contributed by atoms with Gasteiger partial charge in [0, 0.05) is 85.4 Å². The molecule has 0 spiro atoms. The first kappa shape index (κ1) is 24.8. The summed E-state index contributed by atoms with van der Waals surface area (Å²) in [4.78, 5) is 23.7. The monoisotopic (exact) mass is 545 g/mol. The summed E-state index contributed by atoms with van der Waals surface area (Å²) in [5.41, 5.74) is 5.56. The van der Waals surface area contributed by atoms with Crippen LogP contribution in [0.2, 0.25) is 0 Å². The number of hydrogen-bond acceptors (Lipinski definition) is 8. The molecule has 5 aromatic heterocycles. The molecule has 1 saturated carbocycles. The summed E-state index contributed by atoms with van der Waals surface area (Å²) in [6.07, 6.45) is 10.7. The highest BCUT2D eigenvalue weighted by molar-refractivity contribution is 5.94. The fourth-order valence-corrected chi connectivity index (χ4v) is 6.00. The van der Waals surface area contributed by atoms with Crippen molar-refractivity contribution in [1.29, 1.82) is 5.26 Å². The van der Waals surface area contributed by atoms with Gasteiger partial charge in [0.15, 0.2) is 0 Å². The van der Waals surface area contributed by atoms with Crippen molar-refractivity contribution in [2.24, 2.45) is 24.8 Å². The van der Waals surface area contributed by atoms with Crippen molar-refractivity contribution < 1.29 is 9.53 Å². The molecule has 2 fully saturated rings. The lowest BCUT2D eigenvalue weighted by Crippen LogP contribution is -2.31. The van der Waals surface area contributed by atoms with Crippen molar-refractivity contribution in [1.82, 2.24) is 34.7 Å². The number of aromatic nitrogens is 6. The molecule has 1 amide bonds. The van der Waals surface area contributed by atoms with Crippen LogP contribution in [0.1, 0.15) is 15.9 Å². The van der Waals surface area contributed by atoms with E-state index >= 15 is 0 Å². The van der Waals surface area contributed by atoms with Crippen molar-refractivity contribution in [2.45, 2.75) is 0 Å². The van der Waals surface area contributed by atoms with Crippen molar-refractivity contribution in [3.05, 3.63) is 78.6 Å². The second-order valence-corrected chi connectivity index (χ2v) is 10.6. The fraction of sp³-hybridized carbons (Fsp3) is 0.267. The summed E-state index contributed by atoms with van der Waals surface area (Å²) in [6, 6.07) is 11.8. The molecule has 0 unspecified atom stereocenters. The van der Waals surface area contributed by atoms with Crippen LogP contribution in [0.15, 0.2) is 67.5 Å². The molecule has 3 atom stereocenters. The van der Waals surface area contributed by atoms with Crippen molar-refractivity contribution in [3.8, 4) is 34.2 Å². The molecule has 1 N–H and O–H groups in total. The van der Waals surface area contributed by atoms with Gasteiger partial charge in [0.25, 0.3) is 5.91 Å². The number of ether oxygens (including phenoxy) is 1. The van der Waals surface area contributed by atoms with Crippen molar-refractivity contribution >= 4 is 17.2 Å². The molecule has 204 valence electrons. The predicted molar refractivity (Wildman–Crippen MR) is 151 cm³/mol. The van der Waals surface area contributed by atoms with Gasteiger partial charge in [0.2, 0.25) is 5.88 Å². The molecule has 41 heavy (non-hydrogen) atoms. The number of methoxy groups -OCH3 is 1. The van der Waals surface area contributed by atoms with E-state index in [1.54, 1.807) is 33.7 Å². The minimum Gasteiger partial charge on any atom is -0.481 e. The van der Waals surface area contributed by atoms with Crippen LogP contribution in [0.25, 0.3) is 27.8 Å². The van der Waals surface area contributed by atoms with E-state index in [-0.39, 0.29) is 5.91 Å². The molecule has 7 rings (SSSR count). The second-order valence-electron chi connectivity index (χ2n) is 10.6. The molecule has 5 aromatic rings. The number of hydrogen-bond donors (Lipinski definition) is 1. The Bertz CT molecular complexity index is 1810. The Balaban J connectivity index is 1.04. The summed E-state index contributed by atoms with van der Waals surface area (Å²) in [6.45, 7) is 2.50. The number of pyridine rings is 3. The summed E-state index contributed by atoms with van der Waals surface area (Å²) in [5, 5.41) is 21.5. The maximum Gasteiger partial charge on any atom is 0.251 e. The molecule has 0 bridgehead atoms. The Morgan fingerprint density at radius 3 is 2.61 bits per heavy atom. The Kier molecular flexibility index (Phi) is 5.89. The fourth-order valence-electron chi connectivity index (χ4n) is 6.00. The third kappa shape index (κ3) is 4.43. The van der Waals surface area contributed by atoms with E-state index in [1.165, 1.54) is 7.11 Å². The summed E-state index contributed by atoms with van der Waals surface area (Å²) in [7, 11) is 3.42. The van der Waals surface area contributed by atoms with Gasteiger partial charge in [0.1, 0.15) is 11.9 Å². The predicted octanol–water partition coefficient (Wildman–Crippen LogP) is 3.18. The minimum absolute atomic E-state index is 0.107. The quantitative estimate of drug-likeness (QED) is 0.331. The number of fused-ring (bicyclic) bond motifs is 2. The average molecular weight is 546 g/mol. The first-order valence-electron chi connectivity index (χ1n) is 13.4. The van der Waals surface area contributed by atoms with Crippen LogP contribution in [0.4, 0.5) is 5.82 Å². The molecule has 1 aliphatic carbocycles. The van der Waals surface area contributed by atoms with Gasteiger partial charge in [-0.2, -0.15) is 15.5 Å². The smallest absolute Gasteiger partial charge is 0.251 e. The lowest BCUT2D eigenvalue weighted by atomic mass is 10.0. The third-order valence-electron chi connectivity index (χ3n) is 8.23. The van der Waals surface area contributed by atoms with Gasteiger partial charge in [-0.05, 0) is 42.0 Å². The van der Waals surface area contributed by atoms with Crippen molar-refractivity contribution in [3.63, 3.8) is 0 Å². The highest BCUT2D eigenvalue weighted by atomic mass is 16.5. The molecule has 0 aromatic carbocycles. The number of nitriles is 1. The molecule has 6 heterocycles. The van der Waals surface area contributed by atoms with Crippen molar-refractivity contribution in [2.75, 3.05) is 31.6 Å². The van der Waals surface area contributed by atoms with Crippen LogP contribution in [0.3, 0.4) is 0 Å². The Morgan fingerprint density at radius 2 is 1.90 bits per heavy atom. The van der Waals surface area contributed by atoms with Gasteiger partial charge < -0.3 is 15.0 Å². The number of nitrogens with zero attached hydrogens (tertiary/aromatic N) is 8. The van der Waals surface area contributed by atoms with E-state index in [1.807, 2.05) is 37.9 Å². The van der Waals surface area contributed by atoms with E-state index in [9.17, 15) is 10.1 Å². The van der Waals surface area contributed by atoms with E-state index in [4.69, 9.17) is 9.72 Å². The first-order chi connectivity index (χ1) is 20.0. The number of piperidine rings is 1. The zero-order valence-electron chi connectivity index (χ0n) is 22.6. The van der Waals surface area contributed by atoms with Gasteiger partial charge in [-0.3, -0.25) is 9.48 Å². The number of aryl methyl sites for hydroxylation is 1. The number of carbonyl (C=O) groups is 1. The Hall–Kier alpha value is -5.24. The average Bonchev–Trinajstić information content (AvgIpc) is 3.44. The largest absolute Gasteiger partial charge is 0.481 e. The lowest BCUT2D eigenvalue weighted by Gasteiger charge is -2.21. The standard InChI is InChI=1S/C30H27N9O2/c1-37-14-22(12-35-37)20-7-23(29-21(9-31)11-36-39(29)15-20)19-3-4-27(33-10-19)38-16-25-24(26(25)17-38)13-34-30(40)18-5-6-32-28(8-18)41-2/h3-8,10-12,14-15,24-26H,13,16-17H2,1-2H3,(H,34,40)/t24-,25-,26+. The van der Waals surface area contributed by atoms with Gasteiger partial charge in [-0.1, -0.05) is 0 Å². The number of nitrogens with one attached hydrogen (secondary N) is 1. The molecule has 2 aliphatic rings. The zero-order chi connectivity index (χ0) is 28.1. The van der Waals surface area contributed by atoms with Crippen LogP contribution in [0.5, 0.6) is 5.88 Å². The van der Waals surface area contributed by atoms with Crippen LogP contribution < -0.4 is 15.0 Å². The number of carbonyl (C=O) groups excluding carboxylic acids is 1. The van der Waals surface area contributed by atoms with E-state index in [0.717, 1.165) is 46.7 Å². The highest BCUT2D eigenvalue weighted by Gasteiger charge is 2.55. The molecule has 11 nitrogen and oxygen atoms in total. The number of amides is 1. The van der Waals surface area contributed by atoms with E-state index in [0.29, 0.717) is 41.3 Å². The van der Waals surface area contributed by atoms with Gasteiger partial charge in [-0.25, -0.2) is 14.5 Å². The summed E-state index contributed by atoms with van der Waals surface area (Å²) in [5.74, 6) is 2.82. The Morgan fingerprint density at radius 1 is 1.05 bits per heavy atom. The minimum atomic E-state index is -0.107. The molecule has 1 saturated heterocycles. The van der Waals surface area contributed by atoms with Gasteiger partial charge in [-0.15, -0.1) is 0 Å². The Labute approximate surface area is 236 Å². The normalized spacial score (nSPS) is 19.1. The van der Waals surface area contributed by atoms with Crippen LogP contribution in [-0.4, -0.2) is 62.0 Å². The summed E-state index contributed by atoms with van der Waals surface area (Å²) >= 11 is 0. The van der Waals surface area contributed by atoms with Crippen LogP contribution >= 0.6 is 0 Å². The topological polar surface area (TPSA) is 126 Å². The van der Waals surface area contributed by atoms with E-state index < -0.39 is 0 Å². The number of anilines is 1. The summed E-state index contributed by atoms with van der Waals surface area (Å²) < 4.78 is 8.63. The molecule has 11 heteroatoms. The lowest BCUT2D eigenvalue weighted by molar-refractivity contribution is 0.0950.